The highest BCUT2D eigenvalue weighted by atomic mass is 32.2. The summed E-state index contributed by atoms with van der Waals surface area (Å²) < 4.78 is 38.8. The van der Waals surface area contributed by atoms with Gasteiger partial charge >= 0.3 is 0 Å². The molecule has 1 amide bonds. The summed E-state index contributed by atoms with van der Waals surface area (Å²) in [5.74, 6) is 0.836. The summed E-state index contributed by atoms with van der Waals surface area (Å²) in [6.45, 7) is 2.52. The van der Waals surface area contributed by atoms with Crippen LogP contribution in [0.3, 0.4) is 0 Å². The number of piperidine rings is 1. The first-order valence-corrected chi connectivity index (χ1v) is 12.7. The zero-order chi connectivity index (χ0) is 23.4. The van der Waals surface area contributed by atoms with E-state index in [1.54, 1.807) is 13.2 Å². The van der Waals surface area contributed by atoms with Gasteiger partial charge in [-0.1, -0.05) is 18.2 Å². The van der Waals surface area contributed by atoms with E-state index in [9.17, 15) is 13.2 Å². The summed E-state index contributed by atoms with van der Waals surface area (Å²) >= 11 is 0. The van der Waals surface area contributed by atoms with Crippen molar-refractivity contribution in [2.24, 2.45) is 0 Å². The van der Waals surface area contributed by atoms with Crippen molar-refractivity contribution in [3.05, 3.63) is 53.6 Å². The monoisotopic (exact) mass is 473 g/mol. The van der Waals surface area contributed by atoms with Crippen LogP contribution >= 0.6 is 0 Å². The Hall–Kier alpha value is -2.62. The van der Waals surface area contributed by atoms with Crippen LogP contribution in [0, 0.1) is 0 Å². The molecule has 0 spiro atoms. The molecule has 2 aromatic rings. The lowest BCUT2D eigenvalue weighted by Crippen LogP contribution is -2.44. The van der Waals surface area contributed by atoms with Gasteiger partial charge in [-0.05, 0) is 49.9 Å². The molecule has 0 radical (unpaired) electrons. The Labute approximate surface area is 195 Å². The number of hydrogen-bond donors (Lipinski definition) is 2. The fourth-order valence-electron chi connectivity index (χ4n) is 4.09. The Morgan fingerprint density at radius 2 is 1.67 bits per heavy atom. The quantitative estimate of drug-likeness (QED) is 0.581. The van der Waals surface area contributed by atoms with E-state index in [1.807, 2.05) is 18.2 Å². The minimum absolute atomic E-state index is 0.00354. The lowest BCUT2D eigenvalue weighted by Gasteiger charge is -2.32. The van der Waals surface area contributed by atoms with Gasteiger partial charge in [0.05, 0.1) is 14.2 Å². The van der Waals surface area contributed by atoms with Crippen LogP contribution in [0.5, 0.6) is 11.5 Å². The molecule has 1 heterocycles. The fourth-order valence-corrected chi connectivity index (χ4v) is 5.59. The van der Waals surface area contributed by atoms with Gasteiger partial charge in [-0.3, -0.25) is 9.69 Å². The molecule has 0 atom stereocenters. The lowest BCUT2D eigenvalue weighted by molar-refractivity contribution is 0.0908. The fraction of sp³-hybridized carbons (Fsp3) is 0.458. The van der Waals surface area contributed by atoms with Crippen molar-refractivity contribution in [3.8, 4) is 11.5 Å². The van der Waals surface area contributed by atoms with Gasteiger partial charge in [0.1, 0.15) is 16.4 Å². The van der Waals surface area contributed by atoms with Gasteiger partial charge in [0.15, 0.2) is 0 Å². The highest BCUT2D eigenvalue weighted by molar-refractivity contribution is 7.89. The van der Waals surface area contributed by atoms with Crippen LogP contribution in [-0.2, 0) is 16.6 Å². The molecule has 2 aromatic carbocycles. The minimum atomic E-state index is -3.74. The van der Waals surface area contributed by atoms with E-state index in [-0.39, 0.29) is 28.6 Å². The van der Waals surface area contributed by atoms with Crippen molar-refractivity contribution in [3.63, 3.8) is 0 Å². The first-order valence-electron chi connectivity index (χ1n) is 11.2. The average molecular weight is 474 g/mol. The standard InChI is InChI=1S/C24H31N3O5S/c1-31-21-6-4-3-5-18(21)16-27-13-11-19(12-14-27)25-24(28)17-7-10-22(32-2)23(15-17)33(29,30)26-20-8-9-20/h3-7,10,15,19-20,26H,8-9,11-14,16H2,1-2H3,(H,25,28). The van der Waals surface area contributed by atoms with Gasteiger partial charge in [-0.15, -0.1) is 0 Å². The molecule has 0 aromatic heterocycles. The maximum atomic E-state index is 12.9. The molecule has 2 N–H and O–H groups in total. The predicted molar refractivity (Wildman–Crippen MR) is 125 cm³/mol. The van der Waals surface area contributed by atoms with Crippen LogP contribution in [0.15, 0.2) is 47.4 Å². The number of ether oxygens (including phenoxy) is 2. The zero-order valence-electron chi connectivity index (χ0n) is 19.0. The number of hydrogen-bond acceptors (Lipinski definition) is 6. The SMILES string of the molecule is COc1ccccc1CN1CCC(NC(=O)c2ccc(OC)c(S(=O)(=O)NC3CC3)c2)CC1. The molecule has 1 aliphatic heterocycles. The van der Waals surface area contributed by atoms with Crippen LogP contribution < -0.4 is 19.5 Å². The second-order valence-corrected chi connectivity index (χ2v) is 10.3. The molecule has 1 saturated heterocycles. The third kappa shape index (κ3) is 5.85. The van der Waals surface area contributed by atoms with Crippen molar-refractivity contribution in [1.29, 1.82) is 0 Å². The van der Waals surface area contributed by atoms with Gasteiger partial charge in [0.25, 0.3) is 5.91 Å². The molecule has 4 rings (SSSR count). The van der Waals surface area contributed by atoms with Gasteiger partial charge in [-0.25, -0.2) is 13.1 Å². The molecule has 0 bridgehead atoms. The second-order valence-electron chi connectivity index (χ2n) is 8.60. The zero-order valence-corrected chi connectivity index (χ0v) is 19.9. The van der Waals surface area contributed by atoms with Crippen molar-refractivity contribution in [1.82, 2.24) is 14.9 Å². The van der Waals surface area contributed by atoms with Crippen LogP contribution in [-0.4, -0.2) is 58.6 Å². The van der Waals surface area contributed by atoms with E-state index < -0.39 is 10.0 Å². The minimum Gasteiger partial charge on any atom is -0.496 e. The number of carbonyl (C=O) groups is 1. The summed E-state index contributed by atoms with van der Waals surface area (Å²) in [6, 6.07) is 12.5. The number of likely N-dealkylation sites (tertiary alicyclic amines) is 1. The van der Waals surface area contributed by atoms with Gasteiger partial charge in [0, 0.05) is 42.8 Å². The Kier molecular flexibility index (Phi) is 7.21. The van der Waals surface area contributed by atoms with Crippen LogP contribution in [0.1, 0.15) is 41.6 Å². The Morgan fingerprint density at radius 1 is 0.970 bits per heavy atom. The van der Waals surface area contributed by atoms with Gasteiger partial charge in [-0.2, -0.15) is 0 Å². The number of nitrogens with zero attached hydrogens (tertiary/aromatic N) is 1. The molecule has 1 aliphatic carbocycles. The van der Waals surface area contributed by atoms with E-state index in [1.165, 1.54) is 19.2 Å². The Morgan fingerprint density at radius 3 is 2.33 bits per heavy atom. The highest BCUT2D eigenvalue weighted by Gasteiger charge is 2.30. The third-order valence-corrected chi connectivity index (χ3v) is 7.67. The Balaban J connectivity index is 1.36. The van der Waals surface area contributed by atoms with Gasteiger partial charge in [0.2, 0.25) is 10.0 Å². The van der Waals surface area contributed by atoms with Gasteiger partial charge < -0.3 is 14.8 Å². The average Bonchev–Trinajstić information content (AvgIpc) is 3.63. The van der Waals surface area contributed by atoms with Crippen molar-refractivity contribution in [2.45, 2.75) is 49.2 Å². The largest absolute Gasteiger partial charge is 0.496 e. The summed E-state index contributed by atoms with van der Waals surface area (Å²) in [4.78, 5) is 15.2. The number of para-hydroxylation sites is 1. The first kappa shape index (κ1) is 23.5. The molecule has 9 heteroatoms. The summed E-state index contributed by atoms with van der Waals surface area (Å²) in [6.07, 6.45) is 3.31. The maximum Gasteiger partial charge on any atom is 0.251 e. The normalized spacial score (nSPS) is 17.5. The van der Waals surface area contributed by atoms with Crippen molar-refractivity contribution >= 4 is 15.9 Å². The summed E-state index contributed by atoms with van der Waals surface area (Å²) in [5.41, 5.74) is 1.46. The lowest BCUT2D eigenvalue weighted by atomic mass is 10.0. The number of nitrogens with one attached hydrogen (secondary N) is 2. The number of amides is 1. The number of methoxy groups -OCH3 is 2. The molecule has 2 aliphatic rings. The van der Waals surface area contributed by atoms with Crippen LogP contribution in [0.25, 0.3) is 0 Å². The molecule has 178 valence electrons. The molecular weight excluding hydrogens is 442 g/mol. The summed E-state index contributed by atoms with van der Waals surface area (Å²) in [7, 11) is -0.644. The summed E-state index contributed by atoms with van der Waals surface area (Å²) in [5, 5.41) is 3.07. The Bertz CT molecular complexity index is 1090. The number of carbonyl (C=O) groups excluding carboxylic acids is 1. The third-order valence-electron chi connectivity index (χ3n) is 6.12. The molecule has 1 saturated carbocycles. The van der Waals surface area contributed by atoms with Crippen LogP contribution in [0.4, 0.5) is 0 Å². The predicted octanol–water partition coefficient (Wildman–Crippen LogP) is 2.54. The van der Waals surface area contributed by atoms with Crippen LogP contribution in [0.2, 0.25) is 0 Å². The van der Waals surface area contributed by atoms with E-state index in [2.05, 4.69) is 21.0 Å². The first-order chi connectivity index (χ1) is 15.9. The molecular formula is C24H31N3O5S. The van der Waals surface area contributed by atoms with E-state index in [0.29, 0.717) is 5.56 Å². The number of sulfonamides is 1. The second kappa shape index (κ2) is 10.1. The van der Waals surface area contributed by atoms with Crippen molar-refractivity contribution < 1.29 is 22.7 Å². The number of rotatable bonds is 9. The molecule has 2 fully saturated rings. The van der Waals surface area contributed by atoms with E-state index in [0.717, 1.165) is 56.6 Å². The van der Waals surface area contributed by atoms with E-state index in [4.69, 9.17) is 9.47 Å². The maximum absolute atomic E-state index is 12.9. The smallest absolute Gasteiger partial charge is 0.251 e. The highest BCUT2D eigenvalue weighted by Crippen LogP contribution is 2.28. The van der Waals surface area contributed by atoms with Crippen molar-refractivity contribution in [2.75, 3.05) is 27.3 Å². The van der Waals surface area contributed by atoms with E-state index >= 15 is 0 Å². The topological polar surface area (TPSA) is 97.0 Å². The molecule has 0 unspecified atom stereocenters. The molecule has 8 nitrogen and oxygen atoms in total. The number of benzene rings is 2. The molecule has 33 heavy (non-hydrogen) atoms.